The van der Waals surface area contributed by atoms with Crippen LogP contribution >= 0.6 is 0 Å². The molecule has 0 amide bonds. The minimum atomic E-state index is 0.410. The zero-order chi connectivity index (χ0) is 11.6. The van der Waals surface area contributed by atoms with Gasteiger partial charge in [0.25, 0.3) is 0 Å². The first-order valence-electron chi connectivity index (χ1n) is 6.48. The van der Waals surface area contributed by atoms with Crippen molar-refractivity contribution in [2.24, 2.45) is 5.73 Å². The van der Waals surface area contributed by atoms with Gasteiger partial charge in [0.1, 0.15) is 0 Å². The van der Waals surface area contributed by atoms with Crippen LogP contribution in [0.3, 0.4) is 0 Å². The number of nitrogens with zero attached hydrogens (tertiary/aromatic N) is 3. The Morgan fingerprint density at radius 3 is 2.19 bits per heavy atom. The third kappa shape index (κ3) is 2.74. The first-order valence-corrected chi connectivity index (χ1v) is 6.48. The van der Waals surface area contributed by atoms with Gasteiger partial charge in [-0.1, -0.05) is 0 Å². The maximum Gasteiger partial charge on any atom is 0.0334 e. The molecule has 2 aliphatic rings. The van der Waals surface area contributed by atoms with Crippen molar-refractivity contribution >= 4 is 0 Å². The number of piperazine rings is 1. The van der Waals surface area contributed by atoms with E-state index in [1.807, 2.05) is 0 Å². The van der Waals surface area contributed by atoms with Crippen LogP contribution < -0.4 is 5.73 Å². The summed E-state index contributed by atoms with van der Waals surface area (Å²) in [6.07, 6.45) is 2.64. The average molecular weight is 226 g/mol. The molecule has 4 nitrogen and oxygen atoms in total. The van der Waals surface area contributed by atoms with Crippen molar-refractivity contribution in [1.82, 2.24) is 14.7 Å². The molecule has 2 rings (SSSR count). The maximum absolute atomic E-state index is 5.87. The first kappa shape index (κ1) is 12.3. The minimum absolute atomic E-state index is 0.410. The number of nitrogens with two attached hydrogens (primary N) is 1. The molecule has 1 aliphatic carbocycles. The lowest BCUT2D eigenvalue weighted by atomic mass is 10.2. The topological polar surface area (TPSA) is 35.7 Å². The summed E-state index contributed by atoms with van der Waals surface area (Å²) in [5.41, 5.74) is 6.28. The van der Waals surface area contributed by atoms with E-state index >= 15 is 0 Å². The summed E-state index contributed by atoms with van der Waals surface area (Å²) in [5.74, 6) is 0. The van der Waals surface area contributed by atoms with Crippen LogP contribution in [0.1, 0.15) is 12.8 Å². The maximum atomic E-state index is 5.87. The van der Waals surface area contributed by atoms with Crippen molar-refractivity contribution in [3.05, 3.63) is 0 Å². The van der Waals surface area contributed by atoms with Gasteiger partial charge in [0, 0.05) is 51.4 Å². The summed E-state index contributed by atoms with van der Waals surface area (Å²) in [7, 11) is 4.29. The molecule has 0 aromatic rings. The van der Waals surface area contributed by atoms with Gasteiger partial charge in [0.05, 0.1) is 0 Å². The summed E-state index contributed by atoms with van der Waals surface area (Å²) in [6, 6.07) is 0. The Hall–Kier alpha value is -0.160. The fraction of sp³-hybridized carbons (Fsp3) is 1.00. The summed E-state index contributed by atoms with van der Waals surface area (Å²) >= 11 is 0. The molecular formula is C12H26N4. The molecule has 1 saturated heterocycles. The van der Waals surface area contributed by atoms with Gasteiger partial charge in [-0.3, -0.25) is 9.80 Å². The molecule has 1 aliphatic heterocycles. The quantitative estimate of drug-likeness (QED) is 0.695. The van der Waals surface area contributed by atoms with E-state index in [-0.39, 0.29) is 0 Å². The van der Waals surface area contributed by atoms with Crippen LogP contribution in [-0.4, -0.2) is 80.1 Å². The molecule has 0 spiro atoms. The zero-order valence-corrected chi connectivity index (χ0v) is 10.8. The Bertz CT molecular complexity index is 217. The monoisotopic (exact) mass is 226 g/mol. The molecule has 4 heteroatoms. The molecule has 16 heavy (non-hydrogen) atoms. The van der Waals surface area contributed by atoms with Crippen molar-refractivity contribution in [3.63, 3.8) is 0 Å². The predicted molar refractivity (Wildman–Crippen MR) is 67.6 cm³/mol. The molecule has 1 heterocycles. The van der Waals surface area contributed by atoms with Crippen molar-refractivity contribution in [3.8, 4) is 0 Å². The highest BCUT2D eigenvalue weighted by molar-refractivity contribution is 5.05. The second-order valence-corrected chi connectivity index (χ2v) is 5.56. The standard InChI is InChI=1S/C12H26N4/c1-14(2)5-6-15-7-9-16(10-8-15)12(11-13)3-4-12/h3-11,13H2,1-2H3. The Morgan fingerprint density at radius 2 is 1.75 bits per heavy atom. The van der Waals surface area contributed by atoms with Crippen LogP contribution in [0.4, 0.5) is 0 Å². The van der Waals surface area contributed by atoms with E-state index in [0.717, 1.165) is 6.54 Å². The highest BCUT2D eigenvalue weighted by Gasteiger charge is 2.47. The van der Waals surface area contributed by atoms with E-state index < -0.39 is 0 Å². The first-order chi connectivity index (χ1) is 7.66. The summed E-state index contributed by atoms with van der Waals surface area (Å²) in [4.78, 5) is 7.46. The van der Waals surface area contributed by atoms with Gasteiger partial charge >= 0.3 is 0 Å². The molecule has 0 bridgehead atoms. The Labute approximate surface area is 99.4 Å². The summed E-state index contributed by atoms with van der Waals surface area (Å²) < 4.78 is 0. The van der Waals surface area contributed by atoms with Gasteiger partial charge in [-0.2, -0.15) is 0 Å². The summed E-state index contributed by atoms with van der Waals surface area (Å²) in [5, 5.41) is 0. The Morgan fingerprint density at radius 1 is 1.12 bits per heavy atom. The van der Waals surface area contributed by atoms with Crippen LogP contribution in [0.15, 0.2) is 0 Å². The van der Waals surface area contributed by atoms with Crippen molar-refractivity contribution in [2.45, 2.75) is 18.4 Å². The number of hydrogen-bond donors (Lipinski definition) is 1. The normalized spacial score (nSPS) is 26.2. The fourth-order valence-corrected chi connectivity index (χ4v) is 2.58. The molecule has 1 saturated carbocycles. The van der Waals surface area contributed by atoms with E-state index in [2.05, 4.69) is 28.8 Å². The highest BCUT2D eigenvalue weighted by atomic mass is 15.3. The third-order valence-corrected chi connectivity index (χ3v) is 4.11. The van der Waals surface area contributed by atoms with Crippen LogP contribution in [0.2, 0.25) is 0 Å². The smallest absolute Gasteiger partial charge is 0.0334 e. The predicted octanol–water partition coefficient (Wildman–Crippen LogP) is -0.343. The van der Waals surface area contributed by atoms with Crippen molar-refractivity contribution in [1.29, 1.82) is 0 Å². The molecular weight excluding hydrogens is 200 g/mol. The number of hydrogen-bond acceptors (Lipinski definition) is 4. The lowest BCUT2D eigenvalue weighted by Crippen LogP contribution is -2.54. The Kier molecular flexibility index (Phi) is 3.85. The molecule has 0 aromatic heterocycles. The van der Waals surface area contributed by atoms with Gasteiger partial charge in [0.15, 0.2) is 0 Å². The third-order valence-electron chi connectivity index (χ3n) is 4.11. The van der Waals surface area contributed by atoms with Crippen LogP contribution in [-0.2, 0) is 0 Å². The number of rotatable bonds is 5. The average Bonchev–Trinajstić information content (AvgIpc) is 3.08. The molecule has 2 N–H and O–H groups in total. The van der Waals surface area contributed by atoms with E-state index in [4.69, 9.17) is 5.73 Å². The van der Waals surface area contributed by atoms with Gasteiger partial charge in [-0.15, -0.1) is 0 Å². The largest absolute Gasteiger partial charge is 0.329 e. The fourth-order valence-electron chi connectivity index (χ4n) is 2.58. The van der Waals surface area contributed by atoms with Crippen LogP contribution in [0.25, 0.3) is 0 Å². The molecule has 0 unspecified atom stereocenters. The van der Waals surface area contributed by atoms with Gasteiger partial charge in [-0.25, -0.2) is 0 Å². The van der Waals surface area contributed by atoms with E-state index in [1.165, 1.54) is 52.1 Å². The molecule has 0 aromatic carbocycles. The van der Waals surface area contributed by atoms with Gasteiger partial charge < -0.3 is 10.6 Å². The highest BCUT2D eigenvalue weighted by Crippen LogP contribution is 2.40. The van der Waals surface area contributed by atoms with Crippen molar-refractivity contribution < 1.29 is 0 Å². The second kappa shape index (κ2) is 5.00. The van der Waals surface area contributed by atoms with E-state index in [1.54, 1.807) is 0 Å². The molecule has 94 valence electrons. The zero-order valence-electron chi connectivity index (χ0n) is 10.8. The molecule has 0 atom stereocenters. The van der Waals surface area contributed by atoms with Crippen LogP contribution in [0, 0.1) is 0 Å². The minimum Gasteiger partial charge on any atom is -0.329 e. The second-order valence-electron chi connectivity index (χ2n) is 5.56. The van der Waals surface area contributed by atoms with E-state index in [0.29, 0.717) is 5.54 Å². The molecule has 0 radical (unpaired) electrons. The van der Waals surface area contributed by atoms with E-state index in [9.17, 15) is 0 Å². The van der Waals surface area contributed by atoms with Crippen LogP contribution in [0.5, 0.6) is 0 Å². The molecule has 2 fully saturated rings. The lowest BCUT2D eigenvalue weighted by molar-refractivity contribution is 0.0841. The van der Waals surface area contributed by atoms with Gasteiger partial charge in [-0.05, 0) is 26.9 Å². The lowest BCUT2D eigenvalue weighted by Gasteiger charge is -2.39. The SMILES string of the molecule is CN(C)CCN1CCN(C2(CN)CC2)CC1. The Balaban J connectivity index is 1.70. The number of likely N-dealkylation sites (N-methyl/N-ethyl adjacent to an activating group) is 1. The summed E-state index contributed by atoms with van der Waals surface area (Å²) in [6.45, 7) is 8.09. The van der Waals surface area contributed by atoms with Gasteiger partial charge in [0.2, 0.25) is 0 Å². The van der Waals surface area contributed by atoms with Crippen molar-refractivity contribution in [2.75, 3.05) is 59.9 Å².